The van der Waals surface area contributed by atoms with Crippen LogP contribution in [0.25, 0.3) is 0 Å². The van der Waals surface area contributed by atoms with Crippen LogP contribution in [0.3, 0.4) is 0 Å². The summed E-state index contributed by atoms with van der Waals surface area (Å²) < 4.78 is 5.41. The standard InChI is InChI=1S/C20H34N2O3/c1-20(2,3)16-22-10-9-21(15-18(22)8-11-23)14-17-4-6-19(7-5-17)25-13-12-24/h4-7,18,23-24H,8-16H2,1-3H3/t18-/m1/s1. The molecular weight excluding hydrogens is 316 g/mol. The lowest BCUT2D eigenvalue weighted by atomic mass is 9.94. The topological polar surface area (TPSA) is 56.2 Å². The highest BCUT2D eigenvalue weighted by Gasteiger charge is 2.29. The minimum atomic E-state index is 0.0346. The van der Waals surface area contributed by atoms with Crippen LogP contribution < -0.4 is 4.74 Å². The molecule has 142 valence electrons. The van der Waals surface area contributed by atoms with Crippen molar-refractivity contribution in [3.05, 3.63) is 29.8 Å². The monoisotopic (exact) mass is 350 g/mol. The molecule has 0 saturated carbocycles. The first-order valence-electron chi connectivity index (χ1n) is 9.31. The lowest BCUT2D eigenvalue weighted by molar-refractivity contribution is 0.0340. The van der Waals surface area contributed by atoms with E-state index in [9.17, 15) is 5.11 Å². The second kappa shape index (κ2) is 9.53. The molecule has 2 N–H and O–H groups in total. The van der Waals surface area contributed by atoms with Crippen molar-refractivity contribution < 1.29 is 14.9 Å². The SMILES string of the molecule is CC(C)(C)CN1CCN(Cc2ccc(OCCO)cc2)C[C@H]1CCO. The van der Waals surface area contributed by atoms with Gasteiger partial charge < -0.3 is 14.9 Å². The average Bonchev–Trinajstić information content (AvgIpc) is 2.56. The Balaban J connectivity index is 1.90. The van der Waals surface area contributed by atoms with Crippen LogP contribution >= 0.6 is 0 Å². The van der Waals surface area contributed by atoms with Gasteiger partial charge in [0.25, 0.3) is 0 Å². The fourth-order valence-electron chi connectivity index (χ4n) is 3.45. The molecule has 0 aromatic heterocycles. The van der Waals surface area contributed by atoms with Gasteiger partial charge in [-0.2, -0.15) is 0 Å². The van der Waals surface area contributed by atoms with Crippen molar-refractivity contribution in [2.75, 3.05) is 46.0 Å². The van der Waals surface area contributed by atoms with E-state index in [0.29, 0.717) is 12.6 Å². The molecule has 0 unspecified atom stereocenters. The van der Waals surface area contributed by atoms with Crippen molar-refractivity contribution in [3.8, 4) is 5.75 Å². The van der Waals surface area contributed by atoms with Gasteiger partial charge in [-0.3, -0.25) is 9.80 Å². The van der Waals surface area contributed by atoms with Crippen molar-refractivity contribution in [2.45, 2.75) is 39.8 Å². The number of aliphatic hydroxyl groups excluding tert-OH is 2. The van der Waals surface area contributed by atoms with Gasteiger partial charge in [-0.25, -0.2) is 0 Å². The number of ether oxygens (including phenoxy) is 1. The smallest absolute Gasteiger partial charge is 0.119 e. The van der Waals surface area contributed by atoms with Crippen molar-refractivity contribution in [1.29, 1.82) is 0 Å². The van der Waals surface area contributed by atoms with Crippen LogP contribution in [0.4, 0.5) is 0 Å². The number of hydrogen-bond donors (Lipinski definition) is 2. The quantitative estimate of drug-likeness (QED) is 0.751. The summed E-state index contributed by atoms with van der Waals surface area (Å²) in [5, 5.41) is 18.2. The first-order valence-corrected chi connectivity index (χ1v) is 9.31. The summed E-state index contributed by atoms with van der Waals surface area (Å²) in [6.07, 6.45) is 0.834. The third-order valence-electron chi connectivity index (χ3n) is 4.52. The molecule has 0 radical (unpaired) electrons. The van der Waals surface area contributed by atoms with Gasteiger partial charge in [0, 0.05) is 45.4 Å². The van der Waals surface area contributed by atoms with Gasteiger partial charge in [-0.1, -0.05) is 32.9 Å². The Kier molecular flexibility index (Phi) is 7.69. The second-order valence-electron chi connectivity index (χ2n) is 8.15. The number of nitrogens with zero attached hydrogens (tertiary/aromatic N) is 2. The summed E-state index contributed by atoms with van der Waals surface area (Å²) in [6, 6.07) is 8.54. The number of piperazine rings is 1. The Morgan fingerprint density at radius 3 is 2.40 bits per heavy atom. The Hall–Kier alpha value is -1.14. The van der Waals surface area contributed by atoms with E-state index in [0.717, 1.165) is 44.9 Å². The second-order valence-corrected chi connectivity index (χ2v) is 8.15. The predicted molar refractivity (Wildman–Crippen MR) is 101 cm³/mol. The molecule has 5 heteroatoms. The minimum Gasteiger partial charge on any atom is -0.491 e. The third-order valence-corrected chi connectivity index (χ3v) is 4.52. The van der Waals surface area contributed by atoms with E-state index in [-0.39, 0.29) is 18.6 Å². The van der Waals surface area contributed by atoms with E-state index in [1.165, 1.54) is 5.56 Å². The lowest BCUT2D eigenvalue weighted by Gasteiger charge is -2.44. The van der Waals surface area contributed by atoms with E-state index >= 15 is 0 Å². The van der Waals surface area contributed by atoms with Crippen LogP contribution in [0, 0.1) is 5.41 Å². The normalized spacial score (nSPS) is 20.0. The highest BCUT2D eigenvalue weighted by molar-refractivity contribution is 5.27. The molecule has 5 nitrogen and oxygen atoms in total. The molecular formula is C20H34N2O3. The molecule has 1 aromatic carbocycles. The molecule has 1 heterocycles. The Labute approximate surface area is 152 Å². The largest absolute Gasteiger partial charge is 0.491 e. The summed E-state index contributed by atoms with van der Waals surface area (Å²) in [4.78, 5) is 5.02. The van der Waals surface area contributed by atoms with Crippen LogP contribution in [-0.4, -0.2) is 72.1 Å². The van der Waals surface area contributed by atoms with Gasteiger partial charge in [0.1, 0.15) is 12.4 Å². The van der Waals surface area contributed by atoms with E-state index in [1.54, 1.807) is 0 Å². The molecule has 1 aliphatic heterocycles. The number of hydrogen-bond acceptors (Lipinski definition) is 5. The Bertz CT molecular complexity index is 499. The van der Waals surface area contributed by atoms with Crippen molar-refractivity contribution in [3.63, 3.8) is 0 Å². The maximum atomic E-state index is 9.44. The predicted octanol–water partition coefficient (Wildman–Crippen LogP) is 1.97. The first kappa shape index (κ1) is 20.2. The van der Waals surface area contributed by atoms with Crippen LogP contribution in [0.5, 0.6) is 5.75 Å². The molecule has 1 fully saturated rings. The summed E-state index contributed by atoms with van der Waals surface area (Å²) in [6.45, 7) is 12.5. The molecule has 1 atom stereocenters. The third kappa shape index (κ3) is 6.94. The lowest BCUT2D eigenvalue weighted by Crippen LogP contribution is -2.54. The van der Waals surface area contributed by atoms with E-state index in [1.807, 2.05) is 12.1 Å². The van der Waals surface area contributed by atoms with Gasteiger partial charge >= 0.3 is 0 Å². The summed E-state index contributed by atoms with van der Waals surface area (Å²) in [5.74, 6) is 0.797. The minimum absolute atomic E-state index is 0.0346. The fourth-order valence-corrected chi connectivity index (χ4v) is 3.45. The van der Waals surface area contributed by atoms with E-state index < -0.39 is 0 Å². The fraction of sp³-hybridized carbons (Fsp3) is 0.700. The molecule has 1 aromatic rings. The molecule has 0 amide bonds. The summed E-state index contributed by atoms with van der Waals surface area (Å²) >= 11 is 0. The van der Waals surface area contributed by atoms with Crippen LogP contribution in [-0.2, 0) is 6.54 Å². The summed E-state index contributed by atoms with van der Waals surface area (Å²) in [5.41, 5.74) is 1.55. The van der Waals surface area contributed by atoms with Gasteiger partial charge in [0.05, 0.1) is 6.61 Å². The van der Waals surface area contributed by atoms with E-state index in [4.69, 9.17) is 9.84 Å². The van der Waals surface area contributed by atoms with Crippen LogP contribution in [0.15, 0.2) is 24.3 Å². The maximum Gasteiger partial charge on any atom is 0.119 e. The number of benzene rings is 1. The van der Waals surface area contributed by atoms with Crippen molar-refractivity contribution in [1.82, 2.24) is 9.80 Å². The van der Waals surface area contributed by atoms with Gasteiger partial charge in [0.15, 0.2) is 0 Å². The van der Waals surface area contributed by atoms with Crippen LogP contribution in [0.1, 0.15) is 32.8 Å². The van der Waals surface area contributed by atoms with Gasteiger partial charge in [0.2, 0.25) is 0 Å². The molecule has 0 spiro atoms. The molecule has 1 aliphatic rings. The average molecular weight is 351 g/mol. The molecule has 0 bridgehead atoms. The number of aliphatic hydroxyl groups is 2. The highest BCUT2D eigenvalue weighted by atomic mass is 16.5. The zero-order valence-electron chi connectivity index (χ0n) is 15.9. The van der Waals surface area contributed by atoms with Crippen LogP contribution in [0.2, 0.25) is 0 Å². The zero-order chi connectivity index (χ0) is 18.3. The van der Waals surface area contributed by atoms with Gasteiger partial charge in [-0.15, -0.1) is 0 Å². The molecule has 2 rings (SSSR count). The maximum absolute atomic E-state index is 9.44. The highest BCUT2D eigenvalue weighted by Crippen LogP contribution is 2.22. The zero-order valence-corrected chi connectivity index (χ0v) is 15.9. The Morgan fingerprint density at radius 1 is 1.08 bits per heavy atom. The Morgan fingerprint density at radius 2 is 1.80 bits per heavy atom. The van der Waals surface area contributed by atoms with Gasteiger partial charge in [-0.05, 0) is 29.5 Å². The van der Waals surface area contributed by atoms with Crippen molar-refractivity contribution >= 4 is 0 Å². The van der Waals surface area contributed by atoms with Crippen molar-refractivity contribution in [2.24, 2.45) is 5.41 Å². The summed E-state index contributed by atoms with van der Waals surface area (Å²) in [7, 11) is 0. The molecule has 0 aliphatic carbocycles. The molecule has 25 heavy (non-hydrogen) atoms. The first-order chi connectivity index (χ1) is 11.9. The molecule has 1 saturated heterocycles. The number of rotatable bonds is 8. The van der Waals surface area contributed by atoms with E-state index in [2.05, 4.69) is 42.7 Å².